The Morgan fingerprint density at radius 1 is 1.14 bits per heavy atom. The summed E-state index contributed by atoms with van der Waals surface area (Å²) >= 11 is 0. The summed E-state index contributed by atoms with van der Waals surface area (Å²) in [5, 5.41) is 0. The van der Waals surface area contributed by atoms with Crippen molar-refractivity contribution in [2.24, 2.45) is 0 Å². The first-order valence-electron chi connectivity index (χ1n) is 6.38. The number of nitrogens with zero attached hydrogens (tertiary/aromatic N) is 1. The molecule has 22 heavy (non-hydrogen) atoms. The molecule has 1 heterocycles. The maximum atomic E-state index is 12.4. The molecule has 4 nitrogen and oxygen atoms in total. The van der Waals surface area contributed by atoms with Crippen LogP contribution in [0.5, 0.6) is 5.75 Å². The molecule has 7 heteroatoms. The molecule has 1 aromatic heterocycles. The smallest absolute Gasteiger partial charge is 0.462 e. The van der Waals surface area contributed by atoms with E-state index in [0.29, 0.717) is 11.1 Å². The zero-order chi connectivity index (χ0) is 16.2. The number of pyridine rings is 1. The molecule has 0 N–H and O–H groups in total. The lowest BCUT2D eigenvalue weighted by Crippen LogP contribution is -2.19. The summed E-state index contributed by atoms with van der Waals surface area (Å²) in [4.78, 5) is 15.7. The van der Waals surface area contributed by atoms with E-state index in [2.05, 4.69) is 9.72 Å². The number of carbonyl (C=O) groups is 1. The quantitative estimate of drug-likeness (QED) is 0.805. The van der Waals surface area contributed by atoms with Crippen LogP contribution in [0.4, 0.5) is 13.2 Å². The van der Waals surface area contributed by atoms with Gasteiger partial charge in [0.25, 0.3) is 0 Å². The SMILES string of the molecule is CCOC(=O)c1cc(-c2ccncc2)ccc1OC(F)(F)F. The lowest BCUT2D eigenvalue weighted by atomic mass is 10.0. The van der Waals surface area contributed by atoms with Gasteiger partial charge in [-0.25, -0.2) is 4.79 Å². The van der Waals surface area contributed by atoms with Crippen LogP contribution >= 0.6 is 0 Å². The fraction of sp³-hybridized carbons (Fsp3) is 0.200. The van der Waals surface area contributed by atoms with Crippen LogP contribution in [0.25, 0.3) is 11.1 Å². The highest BCUT2D eigenvalue weighted by atomic mass is 19.4. The third kappa shape index (κ3) is 3.97. The van der Waals surface area contributed by atoms with E-state index in [4.69, 9.17) is 4.74 Å². The molecule has 0 aliphatic rings. The summed E-state index contributed by atoms with van der Waals surface area (Å²) in [6.45, 7) is 1.61. The molecule has 1 aromatic carbocycles. The van der Waals surface area contributed by atoms with Crippen LogP contribution in [-0.4, -0.2) is 23.9 Å². The van der Waals surface area contributed by atoms with Crippen molar-refractivity contribution < 1.29 is 27.4 Å². The van der Waals surface area contributed by atoms with Gasteiger partial charge in [-0.2, -0.15) is 0 Å². The van der Waals surface area contributed by atoms with Gasteiger partial charge in [0, 0.05) is 12.4 Å². The highest BCUT2D eigenvalue weighted by molar-refractivity contribution is 5.94. The lowest BCUT2D eigenvalue weighted by Gasteiger charge is -2.14. The number of halogens is 3. The largest absolute Gasteiger partial charge is 0.573 e. The van der Waals surface area contributed by atoms with Crippen molar-refractivity contribution in [3.63, 3.8) is 0 Å². The Morgan fingerprint density at radius 2 is 1.82 bits per heavy atom. The molecule has 0 bridgehead atoms. The second kappa shape index (κ2) is 6.46. The monoisotopic (exact) mass is 311 g/mol. The molecule has 0 spiro atoms. The Morgan fingerprint density at radius 3 is 2.41 bits per heavy atom. The first-order valence-corrected chi connectivity index (χ1v) is 6.38. The zero-order valence-corrected chi connectivity index (χ0v) is 11.6. The summed E-state index contributed by atoms with van der Waals surface area (Å²) in [6, 6.07) is 7.17. The number of alkyl halides is 3. The van der Waals surface area contributed by atoms with Gasteiger partial charge in [-0.1, -0.05) is 6.07 Å². The molecule has 0 saturated carbocycles. The van der Waals surface area contributed by atoms with Crippen molar-refractivity contribution in [1.82, 2.24) is 4.98 Å². The van der Waals surface area contributed by atoms with Crippen LogP contribution in [0.3, 0.4) is 0 Å². The maximum Gasteiger partial charge on any atom is 0.573 e. The standard InChI is InChI=1S/C15H12F3NO3/c1-2-21-14(20)12-9-11(10-5-7-19-8-6-10)3-4-13(12)22-15(16,17)18/h3-9H,2H2,1H3. The summed E-state index contributed by atoms with van der Waals surface area (Å²) in [7, 11) is 0. The van der Waals surface area contributed by atoms with Crippen molar-refractivity contribution in [1.29, 1.82) is 0 Å². The second-order valence-corrected chi connectivity index (χ2v) is 4.22. The molecule has 2 aromatic rings. The van der Waals surface area contributed by atoms with Gasteiger partial charge in [0.05, 0.1) is 6.61 Å². The Hall–Kier alpha value is -2.57. The van der Waals surface area contributed by atoms with Gasteiger partial charge in [-0.05, 0) is 42.3 Å². The molecule has 0 aliphatic heterocycles. The van der Waals surface area contributed by atoms with Gasteiger partial charge in [0.2, 0.25) is 0 Å². The minimum absolute atomic E-state index is 0.0454. The number of hydrogen-bond acceptors (Lipinski definition) is 4. The number of benzene rings is 1. The van der Waals surface area contributed by atoms with Crippen LogP contribution in [-0.2, 0) is 4.74 Å². The second-order valence-electron chi connectivity index (χ2n) is 4.22. The number of aromatic nitrogens is 1. The van der Waals surface area contributed by atoms with Gasteiger partial charge in [0.15, 0.2) is 0 Å². The van der Waals surface area contributed by atoms with Crippen molar-refractivity contribution in [2.45, 2.75) is 13.3 Å². The van der Waals surface area contributed by atoms with E-state index in [1.165, 1.54) is 12.1 Å². The number of rotatable bonds is 4. The summed E-state index contributed by atoms with van der Waals surface area (Å²) in [5.74, 6) is -1.47. The van der Waals surface area contributed by atoms with E-state index in [-0.39, 0.29) is 12.2 Å². The first-order chi connectivity index (χ1) is 10.4. The molecule has 0 atom stereocenters. The molecular formula is C15H12F3NO3. The molecule has 0 unspecified atom stereocenters. The summed E-state index contributed by atoms with van der Waals surface area (Å²) in [5.41, 5.74) is 0.979. The van der Waals surface area contributed by atoms with E-state index in [9.17, 15) is 18.0 Å². The molecule has 116 valence electrons. The van der Waals surface area contributed by atoms with Crippen molar-refractivity contribution in [3.8, 4) is 16.9 Å². The number of esters is 1. The summed E-state index contributed by atoms with van der Waals surface area (Å²) < 4.78 is 45.9. The Labute approximate surface area is 124 Å². The van der Waals surface area contributed by atoms with E-state index in [0.717, 1.165) is 6.07 Å². The topological polar surface area (TPSA) is 48.4 Å². The molecule has 0 amide bonds. The minimum atomic E-state index is -4.89. The van der Waals surface area contributed by atoms with Gasteiger partial charge in [0.1, 0.15) is 11.3 Å². The molecule has 0 saturated heterocycles. The average molecular weight is 311 g/mol. The Kier molecular flexibility index (Phi) is 4.65. The van der Waals surface area contributed by atoms with Crippen LogP contribution in [0.2, 0.25) is 0 Å². The molecule has 0 fully saturated rings. The molecule has 0 aliphatic carbocycles. The van der Waals surface area contributed by atoms with Crippen LogP contribution in [0.15, 0.2) is 42.7 Å². The van der Waals surface area contributed by atoms with E-state index in [1.807, 2.05) is 0 Å². The highest BCUT2D eigenvalue weighted by Crippen LogP contribution is 2.31. The third-order valence-corrected chi connectivity index (χ3v) is 2.71. The van der Waals surface area contributed by atoms with E-state index in [1.54, 1.807) is 31.5 Å². The van der Waals surface area contributed by atoms with Crippen molar-refractivity contribution in [3.05, 3.63) is 48.3 Å². The maximum absolute atomic E-state index is 12.4. The van der Waals surface area contributed by atoms with E-state index >= 15 is 0 Å². The predicted molar refractivity (Wildman–Crippen MR) is 72.3 cm³/mol. The number of hydrogen-bond donors (Lipinski definition) is 0. The van der Waals surface area contributed by atoms with Gasteiger partial charge >= 0.3 is 12.3 Å². The Balaban J connectivity index is 2.45. The van der Waals surface area contributed by atoms with Gasteiger partial charge in [-0.15, -0.1) is 13.2 Å². The molecule has 2 rings (SSSR count). The van der Waals surface area contributed by atoms with Gasteiger partial charge < -0.3 is 9.47 Å². The fourth-order valence-electron chi connectivity index (χ4n) is 1.84. The predicted octanol–water partition coefficient (Wildman–Crippen LogP) is 3.82. The number of carbonyl (C=O) groups excluding carboxylic acids is 1. The van der Waals surface area contributed by atoms with Gasteiger partial charge in [-0.3, -0.25) is 4.98 Å². The van der Waals surface area contributed by atoms with Crippen molar-refractivity contribution in [2.75, 3.05) is 6.61 Å². The highest BCUT2D eigenvalue weighted by Gasteiger charge is 2.33. The average Bonchev–Trinajstić information content (AvgIpc) is 2.47. The van der Waals surface area contributed by atoms with E-state index < -0.39 is 18.1 Å². The van der Waals surface area contributed by atoms with Crippen LogP contribution < -0.4 is 4.74 Å². The lowest BCUT2D eigenvalue weighted by molar-refractivity contribution is -0.274. The minimum Gasteiger partial charge on any atom is -0.462 e. The molecule has 0 radical (unpaired) electrons. The third-order valence-electron chi connectivity index (χ3n) is 2.71. The Bertz CT molecular complexity index is 657. The fourth-order valence-corrected chi connectivity index (χ4v) is 1.84. The zero-order valence-electron chi connectivity index (χ0n) is 11.6. The first kappa shape index (κ1) is 15.8. The summed E-state index contributed by atoms with van der Waals surface area (Å²) in [6.07, 6.45) is -1.81. The number of ether oxygens (including phenoxy) is 2. The molecular weight excluding hydrogens is 299 g/mol. The van der Waals surface area contributed by atoms with Crippen molar-refractivity contribution >= 4 is 5.97 Å². The normalized spacial score (nSPS) is 11.1. The van der Waals surface area contributed by atoms with Crippen LogP contribution in [0, 0.1) is 0 Å². The van der Waals surface area contributed by atoms with Crippen LogP contribution in [0.1, 0.15) is 17.3 Å².